The van der Waals surface area contributed by atoms with E-state index in [0.717, 1.165) is 50.3 Å². The highest BCUT2D eigenvalue weighted by atomic mass is 16.6. The fourth-order valence-electron chi connectivity index (χ4n) is 5.87. The summed E-state index contributed by atoms with van der Waals surface area (Å²) in [5.74, 6) is 1.10. The maximum Gasteiger partial charge on any atom is 0.197 e. The Kier molecular flexibility index (Phi) is 4.47. The quantitative estimate of drug-likeness (QED) is 0.227. The van der Waals surface area contributed by atoms with Crippen molar-refractivity contribution in [3.05, 3.63) is 100 Å². The van der Waals surface area contributed by atoms with Gasteiger partial charge in [0.05, 0.1) is 5.57 Å². The van der Waals surface area contributed by atoms with Crippen LogP contribution in [-0.2, 0) is 5.41 Å². The Hall–Kier alpha value is -4.38. The van der Waals surface area contributed by atoms with Crippen molar-refractivity contribution in [3.63, 3.8) is 0 Å². The second-order valence-corrected chi connectivity index (χ2v) is 10.4. The van der Waals surface area contributed by atoms with Gasteiger partial charge in [-0.15, -0.1) is 0 Å². The average Bonchev–Trinajstić information content (AvgIpc) is 3.14. The van der Waals surface area contributed by atoms with Gasteiger partial charge in [0.2, 0.25) is 0 Å². The number of anilines is 2. The molecule has 0 radical (unpaired) electrons. The van der Waals surface area contributed by atoms with Crippen LogP contribution in [0.4, 0.5) is 11.4 Å². The number of fused-ring (bicyclic) bond motifs is 5. The lowest BCUT2D eigenvalue weighted by molar-refractivity contribution is 0.0990. The van der Waals surface area contributed by atoms with E-state index in [2.05, 4.69) is 43.0 Å². The van der Waals surface area contributed by atoms with E-state index in [-0.39, 0.29) is 22.6 Å². The monoisotopic (exact) mass is 487 g/mol. The standard InChI is InChI=1S/C32H25NO4/c1-32(2)24-13-18(8-9-26(24)33(3)27-17-29-28(16-25(27)32)36-10-11-37-29)12-23-30(34)21-14-19-6-4-5-7-20(19)15-22(21)31(23)35/h4-9,12-17H,10-11H2,1-3H3. The Morgan fingerprint density at radius 3 is 2.00 bits per heavy atom. The van der Waals surface area contributed by atoms with E-state index in [1.807, 2.05) is 49.5 Å². The number of hydrogen-bond acceptors (Lipinski definition) is 5. The van der Waals surface area contributed by atoms with Crippen LogP contribution in [0.25, 0.3) is 16.8 Å². The molecule has 2 aliphatic heterocycles. The summed E-state index contributed by atoms with van der Waals surface area (Å²) in [5, 5.41) is 1.91. The third-order valence-corrected chi connectivity index (χ3v) is 7.93. The van der Waals surface area contributed by atoms with E-state index < -0.39 is 0 Å². The summed E-state index contributed by atoms with van der Waals surface area (Å²) in [7, 11) is 2.05. The molecule has 4 aromatic carbocycles. The molecule has 0 spiro atoms. The highest BCUT2D eigenvalue weighted by Gasteiger charge is 2.38. The maximum atomic E-state index is 13.3. The highest BCUT2D eigenvalue weighted by Crippen LogP contribution is 2.52. The van der Waals surface area contributed by atoms with Crippen LogP contribution in [0.5, 0.6) is 11.5 Å². The van der Waals surface area contributed by atoms with Crippen molar-refractivity contribution in [2.24, 2.45) is 0 Å². The number of ketones is 2. The fraction of sp³-hybridized carbons (Fsp3) is 0.188. The maximum absolute atomic E-state index is 13.3. The molecule has 7 rings (SSSR count). The number of carbonyl (C=O) groups excluding carboxylic acids is 2. The molecule has 1 aliphatic carbocycles. The second kappa shape index (κ2) is 7.56. The molecule has 0 amide bonds. The lowest BCUT2D eigenvalue weighted by atomic mass is 9.73. The smallest absolute Gasteiger partial charge is 0.197 e. The molecule has 5 nitrogen and oxygen atoms in total. The first-order valence-electron chi connectivity index (χ1n) is 12.5. The minimum absolute atomic E-state index is 0.214. The molecule has 5 heteroatoms. The summed E-state index contributed by atoms with van der Waals surface area (Å²) in [6.07, 6.45) is 1.74. The normalized spacial score (nSPS) is 16.9. The van der Waals surface area contributed by atoms with Gasteiger partial charge < -0.3 is 14.4 Å². The Bertz CT molecular complexity index is 1660. The molecule has 0 unspecified atom stereocenters. The van der Waals surface area contributed by atoms with Gasteiger partial charge in [0.1, 0.15) is 13.2 Å². The van der Waals surface area contributed by atoms with Crippen molar-refractivity contribution < 1.29 is 19.1 Å². The largest absolute Gasteiger partial charge is 0.486 e. The summed E-state index contributed by atoms with van der Waals surface area (Å²) < 4.78 is 11.7. The third-order valence-electron chi connectivity index (χ3n) is 7.93. The Morgan fingerprint density at radius 2 is 1.35 bits per heavy atom. The number of Topliss-reactive ketones (excluding diaryl/α,β-unsaturated/α-hetero) is 2. The summed E-state index contributed by atoms with van der Waals surface area (Å²) >= 11 is 0. The second-order valence-electron chi connectivity index (χ2n) is 10.4. The van der Waals surface area contributed by atoms with Gasteiger partial charge >= 0.3 is 0 Å². The van der Waals surface area contributed by atoms with Gasteiger partial charge in [0.25, 0.3) is 0 Å². The van der Waals surface area contributed by atoms with Crippen LogP contribution in [0.15, 0.2) is 72.3 Å². The first-order valence-corrected chi connectivity index (χ1v) is 12.5. The zero-order chi connectivity index (χ0) is 25.5. The van der Waals surface area contributed by atoms with Crippen LogP contribution in [0.1, 0.15) is 51.3 Å². The third kappa shape index (κ3) is 3.10. The predicted molar refractivity (Wildman–Crippen MR) is 145 cm³/mol. The fourth-order valence-corrected chi connectivity index (χ4v) is 5.87. The minimum Gasteiger partial charge on any atom is -0.486 e. The predicted octanol–water partition coefficient (Wildman–Crippen LogP) is 6.48. The van der Waals surface area contributed by atoms with Crippen LogP contribution < -0.4 is 14.4 Å². The Morgan fingerprint density at radius 1 is 0.757 bits per heavy atom. The van der Waals surface area contributed by atoms with Gasteiger partial charge in [-0.3, -0.25) is 9.59 Å². The van der Waals surface area contributed by atoms with Gasteiger partial charge in [-0.05, 0) is 63.9 Å². The molecule has 0 saturated carbocycles. The lowest BCUT2D eigenvalue weighted by Gasteiger charge is -2.41. The van der Waals surface area contributed by atoms with Gasteiger partial charge in [-0.2, -0.15) is 0 Å². The molecule has 2 heterocycles. The van der Waals surface area contributed by atoms with E-state index in [0.29, 0.717) is 24.3 Å². The topological polar surface area (TPSA) is 55.8 Å². The van der Waals surface area contributed by atoms with Gasteiger partial charge in [-0.1, -0.05) is 44.2 Å². The highest BCUT2D eigenvalue weighted by molar-refractivity contribution is 6.42. The number of nitrogens with zero attached hydrogens (tertiary/aromatic N) is 1. The lowest BCUT2D eigenvalue weighted by Crippen LogP contribution is -2.31. The summed E-state index contributed by atoms with van der Waals surface area (Å²) in [6.45, 7) is 5.47. The van der Waals surface area contributed by atoms with Crippen LogP contribution in [0.2, 0.25) is 0 Å². The van der Waals surface area contributed by atoms with Crippen molar-refractivity contribution in [1.29, 1.82) is 0 Å². The molecular formula is C32H25NO4. The number of rotatable bonds is 1. The van der Waals surface area contributed by atoms with E-state index in [1.54, 1.807) is 6.08 Å². The number of benzene rings is 4. The number of hydrogen-bond donors (Lipinski definition) is 0. The first-order chi connectivity index (χ1) is 17.8. The van der Waals surface area contributed by atoms with Gasteiger partial charge in [0.15, 0.2) is 23.1 Å². The van der Waals surface area contributed by atoms with Crippen molar-refractivity contribution >= 4 is 39.8 Å². The first kappa shape index (κ1) is 21.9. The van der Waals surface area contributed by atoms with E-state index in [1.165, 1.54) is 0 Å². The van der Waals surface area contributed by atoms with Crippen molar-refractivity contribution in [2.45, 2.75) is 19.3 Å². The Balaban J connectivity index is 1.32. The van der Waals surface area contributed by atoms with Crippen molar-refractivity contribution in [1.82, 2.24) is 0 Å². The molecule has 0 aromatic heterocycles. The number of ether oxygens (including phenoxy) is 2. The van der Waals surface area contributed by atoms with E-state index in [4.69, 9.17) is 9.47 Å². The van der Waals surface area contributed by atoms with E-state index in [9.17, 15) is 9.59 Å². The molecule has 0 bridgehead atoms. The molecule has 0 N–H and O–H groups in total. The number of carbonyl (C=O) groups is 2. The number of allylic oxidation sites excluding steroid dienone is 1. The zero-order valence-electron chi connectivity index (χ0n) is 20.9. The summed E-state index contributed by atoms with van der Waals surface area (Å²) in [6, 6.07) is 21.7. The van der Waals surface area contributed by atoms with Crippen LogP contribution in [0, 0.1) is 0 Å². The molecule has 0 fully saturated rings. The summed E-state index contributed by atoms with van der Waals surface area (Å²) in [5.41, 5.74) is 6.10. The molecular weight excluding hydrogens is 462 g/mol. The molecule has 37 heavy (non-hydrogen) atoms. The molecule has 0 saturated heterocycles. The van der Waals surface area contributed by atoms with E-state index >= 15 is 0 Å². The van der Waals surface area contributed by atoms with Crippen molar-refractivity contribution in [3.8, 4) is 11.5 Å². The van der Waals surface area contributed by atoms with Crippen LogP contribution >= 0.6 is 0 Å². The van der Waals surface area contributed by atoms with Gasteiger partial charge in [-0.25, -0.2) is 0 Å². The molecule has 3 aliphatic rings. The Labute approximate surface area is 214 Å². The SMILES string of the molecule is CN1c2ccc(C=C3C(=O)c4cc5ccccc5cc4C3=O)cc2C(C)(C)c2cc3c(cc21)OCCO3. The zero-order valence-corrected chi connectivity index (χ0v) is 20.9. The summed E-state index contributed by atoms with van der Waals surface area (Å²) in [4.78, 5) is 28.8. The van der Waals surface area contributed by atoms with Gasteiger partial charge in [0, 0.05) is 41.0 Å². The van der Waals surface area contributed by atoms with Crippen LogP contribution in [0.3, 0.4) is 0 Å². The minimum atomic E-state index is -0.327. The molecule has 182 valence electrons. The van der Waals surface area contributed by atoms with Crippen LogP contribution in [-0.4, -0.2) is 31.8 Å². The average molecular weight is 488 g/mol. The van der Waals surface area contributed by atoms with Crippen molar-refractivity contribution in [2.75, 3.05) is 25.2 Å². The molecule has 4 aromatic rings. The molecule has 0 atom stereocenters.